The molecule has 1 aromatic carbocycles. The fourth-order valence-corrected chi connectivity index (χ4v) is 2.89. The van der Waals surface area contributed by atoms with E-state index in [2.05, 4.69) is 20.5 Å². The van der Waals surface area contributed by atoms with Crippen molar-refractivity contribution in [1.82, 2.24) is 15.2 Å². The van der Waals surface area contributed by atoms with Gasteiger partial charge in [0.2, 0.25) is 26.8 Å². The minimum Gasteiger partial charge on any atom is -0.461 e. The highest BCUT2D eigenvalue weighted by Crippen LogP contribution is 2.26. The average molecular weight is 348 g/mol. The van der Waals surface area contributed by atoms with Crippen LogP contribution in [-0.4, -0.2) is 35.8 Å². The van der Waals surface area contributed by atoms with Gasteiger partial charge in [0.1, 0.15) is 11.3 Å². The lowest BCUT2D eigenvalue weighted by molar-refractivity contribution is -0.115. The zero-order valence-electron chi connectivity index (χ0n) is 13.2. The molecule has 2 aromatic heterocycles. The van der Waals surface area contributed by atoms with Gasteiger partial charge in [-0.25, -0.2) is 13.5 Å². The average Bonchev–Trinajstić information content (AvgIpc) is 3.12. The Bertz CT molecular complexity index is 1000. The quantitative estimate of drug-likeness (QED) is 0.724. The van der Waals surface area contributed by atoms with Crippen LogP contribution in [0, 0.1) is 0 Å². The number of anilines is 1. The summed E-state index contributed by atoms with van der Waals surface area (Å²) in [5.74, 6) is 0.319. The number of nitrogens with zero attached hydrogens (tertiary/aromatic N) is 2. The summed E-state index contributed by atoms with van der Waals surface area (Å²) < 4.78 is 28.5. The van der Waals surface area contributed by atoms with Crippen LogP contribution in [0.1, 0.15) is 18.2 Å². The summed E-state index contributed by atoms with van der Waals surface area (Å²) in [5, 5.41) is 9.05. The number of hydrogen-bond acceptors (Lipinski definition) is 6. The first kappa shape index (κ1) is 16.2. The van der Waals surface area contributed by atoms with Crippen molar-refractivity contribution < 1.29 is 17.6 Å². The maximum atomic E-state index is 12.3. The maximum absolute atomic E-state index is 12.3. The van der Waals surface area contributed by atoms with Crippen molar-refractivity contribution >= 4 is 32.7 Å². The molecule has 0 spiro atoms. The molecule has 1 amide bonds. The van der Waals surface area contributed by atoms with E-state index in [4.69, 9.17) is 4.42 Å². The van der Waals surface area contributed by atoms with Gasteiger partial charge in [0.25, 0.3) is 0 Å². The molecule has 3 rings (SSSR count). The lowest BCUT2D eigenvalue weighted by atomic mass is 10.1. The molecule has 0 aliphatic heterocycles. The third kappa shape index (κ3) is 3.16. The SMILES string of the molecule is CCc1oc2ccccc2c1CC(=O)Nc1n[nH]c(S(C)(=O)=O)n1. The van der Waals surface area contributed by atoms with Crippen LogP contribution in [0.25, 0.3) is 11.0 Å². The first-order valence-corrected chi connectivity index (χ1v) is 9.19. The van der Waals surface area contributed by atoms with Crippen molar-refractivity contribution in [2.24, 2.45) is 0 Å². The number of nitrogens with one attached hydrogen (secondary N) is 2. The molecule has 0 bridgehead atoms. The van der Waals surface area contributed by atoms with E-state index < -0.39 is 9.84 Å². The van der Waals surface area contributed by atoms with Gasteiger partial charge in [0.15, 0.2) is 0 Å². The molecular weight excluding hydrogens is 332 g/mol. The second kappa shape index (κ2) is 6.08. The lowest BCUT2D eigenvalue weighted by Gasteiger charge is -2.02. The number of carbonyl (C=O) groups is 1. The molecule has 9 heteroatoms. The Morgan fingerprint density at radius 1 is 1.33 bits per heavy atom. The highest BCUT2D eigenvalue weighted by atomic mass is 32.2. The van der Waals surface area contributed by atoms with Gasteiger partial charge < -0.3 is 4.42 Å². The number of carbonyl (C=O) groups excluding carboxylic acids is 1. The van der Waals surface area contributed by atoms with Gasteiger partial charge in [-0.05, 0) is 6.07 Å². The number of amides is 1. The fourth-order valence-electron chi connectivity index (χ4n) is 2.43. The molecule has 0 aliphatic rings. The van der Waals surface area contributed by atoms with Crippen LogP contribution in [0.15, 0.2) is 33.8 Å². The second-order valence-electron chi connectivity index (χ2n) is 5.31. The number of aromatic nitrogens is 3. The number of furan rings is 1. The number of para-hydroxylation sites is 1. The summed E-state index contributed by atoms with van der Waals surface area (Å²) in [4.78, 5) is 16.0. The van der Waals surface area contributed by atoms with Crippen molar-refractivity contribution in [3.8, 4) is 0 Å². The maximum Gasteiger partial charge on any atom is 0.249 e. The molecule has 0 unspecified atom stereocenters. The standard InChI is InChI=1S/C15H16N4O4S/c1-3-11-10(9-6-4-5-7-12(9)23-11)8-13(20)16-14-17-15(19-18-14)24(2,21)22/h4-7H,3,8H2,1-2H3,(H2,16,17,18,19,20). The fraction of sp³-hybridized carbons (Fsp3) is 0.267. The largest absolute Gasteiger partial charge is 0.461 e. The van der Waals surface area contributed by atoms with Crippen molar-refractivity contribution in [1.29, 1.82) is 0 Å². The predicted molar refractivity (Wildman–Crippen MR) is 87.4 cm³/mol. The van der Waals surface area contributed by atoms with Crippen molar-refractivity contribution in [2.75, 3.05) is 11.6 Å². The van der Waals surface area contributed by atoms with E-state index in [1.54, 1.807) is 0 Å². The molecule has 2 heterocycles. The van der Waals surface area contributed by atoms with Crippen LogP contribution in [-0.2, 0) is 27.5 Å². The molecule has 126 valence electrons. The number of fused-ring (bicyclic) bond motifs is 1. The molecule has 3 aromatic rings. The number of sulfone groups is 1. The van der Waals surface area contributed by atoms with Crippen LogP contribution in [0.5, 0.6) is 0 Å². The van der Waals surface area contributed by atoms with E-state index in [1.807, 2.05) is 31.2 Å². The molecular formula is C15H16N4O4S. The third-order valence-electron chi connectivity index (χ3n) is 3.51. The molecule has 24 heavy (non-hydrogen) atoms. The Hall–Kier alpha value is -2.68. The number of hydrogen-bond donors (Lipinski definition) is 2. The molecule has 0 saturated heterocycles. The number of H-pyrrole nitrogens is 1. The van der Waals surface area contributed by atoms with Gasteiger partial charge in [-0.15, -0.1) is 5.10 Å². The van der Waals surface area contributed by atoms with E-state index >= 15 is 0 Å². The Morgan fingerprint density at radius 3 is 2.75 bits per heavy atom. The lowest BCUT2D eigenvalue weighted by Crippen LogP contribution is -2.16. The number of aromatic amines is 1. The zero-order chi connectivity index (χ0) is 17.3. The Kier molecular flexibility index (Phi) is 4.10. The first-order chi connectivity index (χ1) is 11.4. The summed E-state index contributed by atoms with van der Waals surface area (Å²) in [7, 11) is -3.50. The topological polar surface area (TPSA) is 118 Å². The van der Waals surface area contributed by atoms with Gasteiger partial charge >= 0.3 is 0 Å². The minimum atomic E-state index is -3.50. The third-order valence-corrected chi connectivity index (χ3v) is 4.39. The highest BCUT2D eigenvalue weighted by molar-refractivity contribution is 7.90. The van der Waals surface area contributed by atoms with Crippen LogP contribution >= 0.6 is 0 Å². The Morgan fingerprint density at radius 2 is 2.08 bits per heavy atom. The molecule has 0 fully saturated rings. The molecule has 0 saturated carbocycles. The van der Waals surface area contributed by atoms with E-state index in [9.17, 15) is 13.2 Å². The number of benzene rings is 1. The van der Waals surface area contributed by atoms with E-state index in [-0.39, 0.29) is 23.4 Å². The summed E-state index contributed by atoms with van der Waals surface area (Å²) >= 11 is 0. The summed E-state index contributed by atoms with van der Waals surface area (Å²) in [6.07, 6.45) is 1.75. The van der Waals surface area contributed by atoms with Crippen molar-refractivity contribution in [2.45, 2.75) is 24.9 Å². The van der Waals surface area contributed by atoms with Gasteiger partial charge in [0.05, 0.1) is 6.42 Å². The molecule has 0 radical (unpaired) electrons. The normalized spacial score (nSPS) is 11.8. The molecule has 0 atom stereocenters. The zero-order valence-corrected chi connectivity index (χ0v) is 14.0. The van der Waals surface area contributed by atoms with Crippen LogP contribution in [0.3, 0.4) is 0 Å². The van der Waals surface area contributed by atoms with Crippen LogP contribution < -0.4 is 5.32 Å². The second-order valence-corrected chi connectivity index (χ2v) is 7.25. The summed E-state index contributed by atoms with van der Waals surface area (Å²) in [5.41, 5.74) is 1.54. The first-order valence-electron chi connectivity index (χ1n) is 7.30. The Labute approximate surface area is 138 Å². The van der Waals surface area contributed by atoms with E-state index in [1.165, 1.54) is 0 Å². The van der Waals surface area contributed by atoms with Crippen molar-refractivity contribution in [3.05, 3.63) is 35.6 Å². The molecule has 0 aliphatic carbocycles. The van der Waals surface area contributed by atoms with Crippen LogP contribution in [0.4, 0.5) is 5.95 Å². The monoisotopic (exact) mass is 348 g/mol. The van der Waals surface area contributed by atoms with E-state index in [0.29, 0.717) is 6.42 Å². The molecule has 8 nitrogen and oxygen atoms in total. The van der Waals surface area contributed by atoms with Crippen LogP contribution in [0.2, 0.25) is 0 Å². The summed E-state index contributed by atoms with van der Waals surface area (Å²) in [6, 6.07) is 7.50. The van der Waals surface area contributed by atoms with Gasteiger partial charge in [-0.3, -0.25) is 10.1 Å². The van der Waals surface area contributed by atoms with Gasteiger partial charge in [0, 0.05) is 23.6 Å². The van der Waals surface area contributed by atoms with Crippen molar-refractivity contribution in [3.63, 3.8) is 0 Å². The van der Waals surface area contributed by atoms with E-state index in [0.717, 1.165) is 28.5 Å². The number of rotatable bonds is 5. The van der Waals surface area contributed by atoms with Gasteiger partial charge in [-0.1, -0.05) is 25.1 Å². The van der Waals surface area contributed by atoms with Gasteiger partial charge in [-0.2, -0.15) is 4.98 Å². The summed E-state index contributed by atoms with van der Waals surface area (Å²) in [6.45, 7) is 1.95. The smallest absolute Gasteiger partial charge is 0.249 e. The predicted octanol–water partition coefficient (Wildman–Crippen LogP) is 1.70. The minimum absolute atomic E-state index is 0.0775. The Balaban J connectivity index is 1.81. The highest BCUT2D eigenvalue weighted by Gasteiger charge is 2.18. The number of aryl methyl sites for hydroxylation is 1. The molecule has 2 N–H and O–H groups in total.